The summed E-state index contributed by atoms with van der Waals surface area (Å²) in [6, 6.07) is 7.58. The van der Waals surface area contributed by atoms with E-state index in [1.165, 1.54) is 71.0 Å². The molecular weight excluding hydrogens is 847 g/mol. The van der Waals surface area contributed by atoms with Crippen molar-refractivity contribution in [3.63, 3.8) is 0 Å². The first kappa shape index (κ1) is 47.3. The quantitative estimate of drug-likeness (QED) is 0.149. The van der Waals surface area contributed by atoms with Crippen LogP contribution in [0.25, 0.3) is 11.0 Å². The summed E-state index contributed by atoms with van der Waals surface area (Å²) in [5, 5.41) is 29.2. The Morgan fingerprint density at radius 2 is 1.60 bits per heavy atom. The Morgan fingerprint density at radius 1 is 0.897 bits per heavy atom. The zero-order valence-corrected chi connectivity index (χ0v) is 42.8. The number of H-pyrrole nitrogens is 1. The zero-order valence-electron chi connectivity index (χ0n) is 42.8. The van der Waals surface area contributed by atoms with Crippen molar-refractivity contribution in [3.8, 4) is 0 Å². The number of carbonyl (C=O) groups is 2. The lowest BCUT2D eigenvalue weighted by Crippen LogP contribution is -2.68. The number of aryl methyl sites for hydroxylation is 1. The molecule has 6 fully saturated rings. The van der Waals surface area contributed by atoms with Gasteiger partial charge in [0.05, 0.1) is 28.8 Å². The molecule has 0 bridgehead atoms. The molecule has 0 amide bonds. The van der Waals surface area contributed by atoms with Crippen LogP contribution in [-0.2, 0) is 38.4 Å². The number of aromatic nitrogens is 2. The van der Waals surface area contributed by atoms with Gasteiger partial charge in [0.1, 0.15) is 11.9 Å². The number of ether oxygens (including phenoxy) is 2. The van der Waals surface area contributed by atoms with E-state index >= 15 is 4.79 Å². The Labute approximate surface area is 406 Å². The summed E-state index contributed by atoms with van der Waals surface area (Å²) in [6.07, 6.45) is 18.5. The fourth-order valence-corrected chi connectivity index (χ4v) is 17.7. The molecule has 4 saturated carbocycles. The second-order valence-electron chi connectivity index (χ2n) is 25.7. The Morgan fingerprint density at radius 3 is 2.29 bits per heavy atom. The highest BCUT2D eigenvalue weighted by Crippen LogP contribution is 2.76. The topological polar surface area (TPSA) is 129 Å². The Kier molecular flexibility index (Phi) is 11.6. The summed E-state index contributed by atoms with van der Waals surface area (Å²) in [6.45, 7) is 18.8. The van der Waals surface area contributed by atoms with Crippen molar-refractivity contribution < 1.29 is 29.3 Å². The number of rotatable bonds is 10. The number of benzene rings is 1. The molecule has 3 aromatic rings. The van der Waals surface area contributed by atoms with Crippen molar-refractivity contribution in [2.24, 2.45) is 44.8 Å². The number of fused-ring (bicyclic) bond motifs is 4. The highest BCUT2D eigenvalue weighted by Gasteiger charge is 2.73. The van der Waals surface area contributed by atoms with Crippen LogP contribution in [0.2, 0.25) is 0 Å². The number of hydrogen-bond acceptors (Lipinski definition) is 7. The van der Waals surface area contributed by atoms with E-state index in [0.29, 0.717) is 49.8 Å². The number of nitrogens with one attached hydrogen (secondary N) is 2. The van der Waals surface area contributed by atoms with E-state index in [1.807, 2.05) is 20.9 Å². The summed E-state index contributed by atoms with van der Waals surface area (Å²) in [7, 11) is 1.98. The lowest BCUT2D eigenvalue weighted by Gasteiger charge is -2.70. The molecule has 68 heavy (non-hydrogen) atoms. The number of ketones is 2. The van der Waals surface area contributed by atoms with E-state index in [1.54, 1.807) is 0 Å². The maximum atomic E-state index is 15.4. The molecule has 5 aliphatic carbocycles. The summed E-state index contributed by atoms with van der Waals surface area (Å²) in [5.74, 6) is 1.42. The number of Topliss-reactive ketones (excluding diaryl/α,β-unsaturated/α-hetero) is 2. The SMILES string of the molecule is CNCC[C@]1(C)C(=O)CC[C@@]2(C)[C@H]3[C@H](O)[C@@H]4Cn5cc(Cc6cc(C7CCCCC7)cc(C7CCOCC7)c6)c6[nH]cc(c65)CC[C@@](C)(C[C@@H](O)[C@H]5OC5(C)C)C5=C4[C@](C)(CC5=O)[C@@]3(C)CC[C@H]21. The first-order valence-electron chi connectivity index (χ1n) is 27.2. The van der Waals surface area contributed by atoms with E-state index < -0.39 is 34.1 Å². The lowest BCUT2D eigenvalue weighted by molar-refractivity contribution is -0.222. The molecule has 2 saturated heterocycles. The van der Waals surface area contributed by atoms with Gasteiger partial charge < -0.3 is 34.6 Å². The van der Waals surface area contributed by atoms with Crippen LogP contribution < -0.4 is 5.32 Å². The van der Waals surface area contributed by atoms with Crippen molar-refractivity contribution in [3.05, 3.63) is 69.6 Å². The molecule has 4 N–H and O–H groups in total. The molecule has 3 aliphatic heterocycles. The maximum Gasteiger partial charge on any atom is 0.160 e. The van der Waals surface area contributed by atoms with Gasteiger partial charge in [-0.1, -0.05) is 72.1 Å². The molecule has 2 aromatic heterocycles. The van der Waals surface area contributed by atoms with Crippen molar-refractivity contribution in [2.75, 3.05) is 26.8 Å². The van der Waals surface area contributed by atoms with E-state index in [9.17, 15) is 15.0 Å². The number of nitrogens with zero attached hydrogens (tertiary/aromatic N) is 1. The lowest BCUT2D eigenvalue weighted by atomic mass is 9.34. The van der Waals surface area contributed by atoms with E-state index in [-0.39, 0.29) is 40.5 Å². The monoisotopic (exact) mass is 930 g/mol. The molecular formula is C59H83N3O6. The standard InChI is InChI=1S/C59H83N3O6/c1-54(2)53(68-54)44(64)30-55(3)19-14-38-32-61-49-41(28-35-26-39(36-12-10-9-11-13-36)29-40(27-35)37-17-24-67-25-18-37)33-62(50(38)49)34-42-47-48(55)43(63)31-59(47,7)58(6)21-15-45-56(4,22-23-60-8)46(65)16-20-57(45,5)52(58)51(42)66/h26-27,29,32-33,36-37,42,44-45,51-53,60-61,64,66H,9-25,28,30-31,34H2,1-8H3/t42-,44-,45+,51-,52-,53-,55+,56+,57-,58+,59+/m1/s1. The summed E-state index contributed by atoms with van der Waals surface area (Å²) in [4.78, 5) is 33.4. The predicted octanol–water partition coefficient (Wildman–Crippen LogP) is 10.7. The minimum atomic E-state index is -0.727. The van der Waals surface area contributed by atoms with Crippen LogP contribution in [0.5, 0.6) is 0 Å². The van der Waals surface area contributed by atoms with Gasteiger partial charge in [0.25, 0.3) is 0 Å². The van der Waals surface area contributed by atoms with Gasteiger partial charge in [0, 0.05) is 73.7 Å². The predicted molar refractivity (Wildman–Crippen MR) is 268 cm³/mol. The molecule has 0 radical (unpaired) electrons. The molecule has 11 atom stereocenters. The summed E-state index contributed by atoms with van der Waals surface area (Å²) >= 11 is 0. The third-order valence-corrected chi connectivity index (χ3v) is 21.4. The third kappa shape index (κ3) is 7.21. The summed E-state index contributed by atoms with van der Waals surface area (Å²) < 4.78 is 14.4. The van der Waals surface area contributed by atoms with Gasteiger partial charge in [0.15, 0.2) is 5.78 Å². The third-order valence-electron chi connectivity index (χ3n) is 21.4. The van der Waals surface area contributed by atoms with Crippen LogP contribution in [0.3, 0.4) is 0 Å². The number of aliphatic hydroxyl groups excluding tert-OH is 2. The van der Waals surface area contributed by atoms with E-state index in [4.69, 9.17) is 9.47 Å². The van der Waals surface area contributed by atoms with Gasteiger partial charge in [0.2, 0.25) is 0 Å². The van der Waals surface area contributed by atoms with Crippen molar-refractivity contribution in [1.29, 1.82) is 0 Å². The number of hydrogen-bond donors (Lipinski definition) is 4. The van der Waals surface area contributed by atoms with Crippen LogP contribution >= 0.6 is 0 Å². The fourth-order valence-electron chi connectivity index (χ4n) is 17.7. The molecule has 11 rings (SSSR count). The number of carbonyl (C=O) groups excluding carboxylic acids is 2. The Bertz CT molecular complexity index is 2470. The van der Waals surface area contributed by atoms with Crippen LogP contribution in [0.1, 0.15) is 184 Å². The molecule has 370 valence electrons. The van der Waals surface area contributed by atoms with Crippen LogP contribution in [0.4, 0.5) is 0 Å². The van der Waals surface area contributed by atoms with Gasteiger partial charge in [-0.2, -0.15) is 0 Å². The highest BCUT2D eigenvalue weighted by molar-refractivity contribution is 6.02. The molecule has 0 unspecified atom stereocenters. The van der Waals surface area contributed by atoms with Crippen molar-refractivity contribution in [2.45, 2.75) is 200 Å². The Balaban J connectivity index is 1.05. The highest BCUT2D eigenvalue weighted by atomic mass is 16.6. The molecule has 1 aromatic carbocycles. The average Bonchev–Trinajstić information content (AvgIpc) is 3.55. The fraction of sp³-hybridized carbons (Fsp3) is 0.729. The molecule has 5 heterocycles. The number of aliphatic hydroxyl groups is 2. The minimum absolute atomic E-state index is 0.107. The van der Waals surface area contributed by atoms with Crippen molar-refractivity contribution >= 4 is 22.6 Å². The van der Waals surface area contributed by atoms with Crippen LogP contribution in [-0.4, -0.2) is 82.0 Å². The van der Waals surface area contributed by atoms with Gasteiger partial charge in [-0.25, -0.2) is 0 Å². The van der Waals surface area contributed by atoms with Crippen LogP contribution in [0.15, 0.2) is 41.7 Å². The van der Waals surface area contributed by atoms with E-state index in [0.717, 1.165) is 82.3 Å². The number of epoxide rings is 1. The first-order valence-corrected chi connectivity index (χ1v) is 27.2. The average molecular weight is 930 g/mol. The van der Waals surface area contributed by atoms with Gasteiger partial charge in [-0.05, 0) is 171 Å². The van der Waals surface area contributed by atoms with Gasteiger partial charge >= 0.3 is 0 Å². The summed E-state index contributed by atoms with van der Waals surface area (Å²) in [5.41, 5.74) is 8.63. The van der Waals surface area contributed by atoms with Gasteiger partial charge in [-0.3, -0.25) is 9.59 Å². The molecule has 9 nitrogen and oxygen atoms in total. The second-order valence-corrected chi connectivity index (χ2v) is 25.7. The van der Waals surface area contributed by atoms with Crippen LogP contribution in [0, 0.1) is 44.8 Å². The van der Waals surface area contributed by atoms with Gasteiger partial charge in [-0.15, -0.1) is 0 Å². The second kappa shape index (κ2) is 16.7. The number of allylic oxidation sites excluding steroid dienone is 1. The molecule has 9 heteroatoms. The minimum Gasteiger partial charge on any atom is -0.392 e. The molecule has 0 spiro atoms. The smallest absolute Gasteiger partial charge is 0.160 e. The Hall–Kier alpha value is -3.08. The normalized spacial score (nSPS) is 38.9. The molecule has 8 aliphatic rings. The van der Waals surface area contributed by atoms with Crippen molar-refractivity contribution in [1.82, 2.24) is 14.9 Å². The zero-order chi connectivity index (χ0) is 47.8. The largest absolute Gasteiger partial charge is 0.392 e. The first-order chi connectivity index (χ1) is 32.3. The number of aromatic amines is 1. The maximum absolute atomic E-state index is 15.4. The van der Waals surface area contributed by atoms with E-state index in [2.05, 4.69) is 80.1 Å².